The topological polar surface area (TPSA) is 57.5 Å². The summed E-state index contributed by atoms with van der Waals surface area (Å²) in [4.78, 5) is 0.336. The molecule has 3 nitrogen and oxygen atoms in total. The molecule has 0 amide bonds. The summed E-state index contributed by atoms with van der Waals surface area (Å²) in [6.07, 6.45) is 0. The third kappa shape index (κ3) is 3.12. The van der Waals surface area contributed by atoms with Gasteiger partial charge in [-0.1, -0.05) is 41.5 Å². The minimum absolute atomic E-state index is 0.226. The maximum atomic E-state index is 11.3. The highest BCUT2D eigenvalue weighted by molar-refractivity contribution is 7.79. The molecule has 0 aliphatic heterocycles. The number of hydrogen-bond acceptors (Lipinski definition) is 2. The van der Waals surface area contributed by atoms with Crippen LogP contribution in [0.5, 0.6) is 5.75 Å². The van der Waals surface area contributed by atoms with Gasteiger partial charge in [-0.3, -0.25) is 0 Å². The van der Waals surface area contributed by atoms with Crippen molar-refractivity contribution in [1.29, 1.82) is 0 Å². The smallest absolute Gasteiger partial charge is 0.186 e. The van der Waals surface area contributed by atoms with E-state index >= 15 is 0 Å². The molecule has 0 bridgehead atoms. The molecule has 1 atom stereocenters. The van der Waals surface area contributed by atoms with Crippen LogP contribution in [0.25, 0.3) is 0 Å². The summed E-state index contributed by atoms with van der Waals surface area (Å²) in [5.41, 5.74) is 0.846. The predicted octanol–water partition coefficient (Wildman–Crippen LogP) is 3.57. The SMILES string of the molecule is CC(C)(C)c1cc(S(=O)O)cc(C(C)(C)C)c1O. The highest BCUT2D eigenvalue weighted by Gasteiger charge is 2.27. The molecule has 0 radical (unpaired) electrons. The van der Waals surface area contributed by atoms with E-state index in [2.05, 4.69) is 0 Å². The predicted molar refractivity (Wildman–Crippen MR) is 74.5 cm³/mol. The lowest BCUT2D eigenvalue weighted by Crippen LogP contribution is -2.18. The first-order valence-corrected chi connectivity index (χ1v) is 7.04. The Morgan fingerprint density at radius 1 is 0.944 bits per heavy atom. The first-order valence-electron chi connectivity index (χ1n) is 5.93. The fourth-order valence-electron chi connectivity index (χ4n) is 1.85. The van der Waals surface area contributed by atoms with Gasteiger partial charge in [0.1, 0.15) is 5.75 Å². The highest BCUT2D eigenvalue weighted by Crippen LogP contribution is 2.40. The lowest BCUT2D eigenvalue weighted by molar-refractivity contribution is 0.421. The van der Waals surface area contributed by atoms with Gasteiger partial charge in [0.2, 0.25) is 0 Å². The van der Waals surface area contributed by atoms with E-state index in [9.17, 15) is 13.9 Å². The van der Waals surface area contributed by atoms with Gasteiger partial charge in [0.25, 0.3) is 0 Å². The summed E-state index contributed by atoms with van der Waals surface area (Å²) in [6.45, 7) is 11.8. The molecule has 0 aliphatic carbocycles. The quantitative estimate of drug-likeness (QED) is 0.767. The summed E-state index contributed by atoms with van der Waals surface area (Å²) in [5, 5.41) is 10.4. The molecular formula is C14H22O3S. The van der Waals surface area contributed by atoms with E-state index in [0.717, 1.165) is 0 Å². The Morgan fingerprint density at radius 2 is 1.28 bits per heavy atom. The van der Waals surface area contributed by atoms with Gasteiger partial charge >= 0.3 is 0 Å². The van der Waals surface area contributed by atoms with E-state index in [1.165, 1.54) is 0 Å². The second kappa shape index (κ2) is 4.67. The molecular weight excluding hydrogens is 248 g/mol. The van der Waals surface area contributed by atoms with Crippen molar-refractivity contribution in [2.24, 2.45) is 0 Å². The molecule has 1 aromatic rings. The average molecular weight is 270 g/mol. The van der Waals surface area contributed by atoms with Crippen LogP contribution >= 0.6 is 0 Å². The zero-order valence-corrected chi connectivity index (χ0v) is 12.7. The molecule has 0 aromatic heterocycles. The largest absolute Gasteiger partial charge is 0.507 e. The van der Waals surface area contributed by atoms with Crippen LogP contribution in [0, 0.1) is 0 Å². The first-order chi connectivity index (χ1) is 7.94. The molecule has 1 rings (SSSR count). The lowest BCUT2D eigenvalue weighted by Gasteiger charge is -2.27. The molecule has 4 heteroatoms. The van der Waals surface area contributed by atoms with Gasteiger partial charge in [-0.15, -0.1) is 0 Å². The Bertz CT molecular complexity index is 444. The Balaban J connectivity index is 3.64. The normalized spacial score (nSPS) is 14.6. The van der Waals surface area contributed by atoms with E-state index in [1.807, 2.05) is 41.5 Å². The Morgan fingerprint density at radius 3 is 1.50 bits per heavy atom. The molecule has 102 valence electrons. The van der Waals surface area contributed by atoms with Crippen molar-refractivity contribution in [1.82, 2.24) is 0 Å². The highest BCUT2D eigenvalue weighted by atomic mass is 32.2. The zero-order valence-electron chi connectivity index (χ0n) is 11.9. The fraction of sp³-hybridized carbons (Fsp3) is 0.571. The summed E-state index contributed by atoms with van der Waals surface area (Å²) in [6, 6.07) is 3.22. The third-order valence-corrected chi connectivity index (χ3v) is 3.54. The van der Waals surface area contributed by atoms with Gasteiger partial charge < -0.3 is 9.66 Å². The standard InChI is InChI=1S/C14H22O3S/c1-13(2,3)10-7-9(18(16)17)8-11(12(10)15)14(4,5)6/h7-8,15H,1-6H3,(H,16,17). The Labute approximate surface area is 112 Å². The van der Waals surface area contributed by atoms with E-state index in [0.29, 0.717) is 16.0 Å². The van der Waals surface area contributed by atoms with Crippen molar-refractivity contribution >= 4 is 11.1 Å². The van der Waals surface area contributed by atoms with E-state index in [-0.39, 0.29) is 16.6 Å². The summed E-state index contributed by atoms with van der Waals surface area (Å²) in [7, 11) is 0. The lowest BCUT2D eigenvalue weighted by atomic mass is 9.79. The van der Waals surface area contributed by atoms with Crippen LogP contribution in [-0.2, 0) is 21.9 Å². The fourth-order valence-corrected chi connectivity index (χ4v) is 2.29. The van der Waals surface area contributed by atoms with Gasteiger partial charge in [0.15, 0.2) is 11.1 Å². The van der Waals surface area contributed by atoms with Crippen LogP contribution in [0.2, 0.25) is 0 Å². The average Bonchev–Trinajstić information content (AvgIpc) is 2.13. The van der Waals surface area contributed by atoms with Crippen LogP contribution in [0.15, 0.2) is 17.0 Å². The van der Waals surface area contributed by atoms with Crippen molar-refractivity contribution in [3.63, 3.8) is 0 Å². The van der Waals surface area contributed by atoms with Crippen molar-refractivity contribution in [2.75, 3.05) is 0 Å². The van der Waals surface area contributed by atoms with Gasteiger partial charge in [0, 0.05) is 11.1 Å². The van der Waals surface area contributed by atoms with Gasteiger partial charge in [-0.25, -0.2) is 4.21 Å². The van der Waals surface area contributed by atoms with Crippen LogP contribution in [0.1, 0.15) is 52.7 Å². The summed E-state index contributed by atoms with van der Waals surface area (Å²) >= 11 is -2.04. The number of benzene rings is 1. The molecule has 2 N–H and O–H groups in total. The van der Waals surface area contributed by atoms with Crippen molar-refractivity contribution in [2.45, 2.75) is 57.3 Å². The number of phenols is 1. The Hall–Kier alpha value is -0.870. The number of aromatic hydroxyl groups is 1. The summed E-state index contributed by atoms with van der Waals surface area (Å²) < 4.78 is 20.6. The number of rotatable bonds is 1. The first kappa shape index (κ1) is 15.2. The maximum absolute atomic E-state index is 11.3. The molecule has 18 heavy (non-hydrogen) atoms. The second-order valence-electron chi connectivity index (χ2n) is 6.62. The second-order valence-corrected chi connectivity index (χ2v) is 7.59. The molecule has 0 saturated carbocycles. The molecule has 0 spiro atoms. The van der Waals surface area contributed by atoms with Crippen LogP contribution in [-0.4, -0.2) is 13.9 Å². The van der Waals surface area contributed by atoms with Crippen LogP contribution < -0.4 is 0 Å². The molecule has 0 heterocycles. The van der Waals surface area contributed by atoms with E-state index < -0.39 is 11.1 Å². The van der Waals surface area contributed by atoms with Crippen LogP contribution in [0.3, 0.4) is 0 Å². The van der Waals surface area contributed by atoms with Crippen LogP contribution in [0.4, 0.5) is 0 Å². The van der Waals surface area contributed by atoms with Gasteiger partial charge in [-0.05, 0) is 23.0 Å². The van der Waals surface area contributed by atoms with Gasteiger partial charge in [-0.2, -0.15) is 0 Å². The summed E-state index contributed by atoms with van der Waals surface area (Å²) in [5.74, 6) is 0.226. The van der Waals surface area contributed by atoms with Crippen molar-refractivity contribution < 1.29 is 13.9 Å². The maximum Gasteiger partial charge on any atom is 0.186 e. The molecule has 1 aromatic carbocycles. The Kier molecular flexibility index (Phi) is 3.94. The van der Waals surface area contributed by atoms with E-state index in [4.69, 9.17) is 0 Å². The minimum Gasteiger partial charge on any atom is -0.507 e. The van der Waals surface area contributed by atoms with Crippen molar-refractivity contribution in [3.05, 3.63) is 23.3 Å². The van der Waals surface area contributed by atoms with Gasteiger partial charge in [0.05, 0.1) is 4.90 Å². The molecule has 0 saturated heterocycles. The monoisotopic (exact) mass is 270 g/mol. The van der Waals surface area contributed by atoms with E-state index in [1.54, 1.807) is 12.1 Å². The molecule has 1 unspecified atom stereocenters. The number of hydrogen-bond donors (Lipinski definition) is 2. The third-order valence-electron chi connectivity index (χ3n) is 2.90. The molecule has 0 fully saturated rings. The minimum atomic E-state index is -2.04. The van der Waals surface area contributed by atoms with Crippen molar-refractivity contribution in [3.8, 4) is 5.75 Å². The number of phenolic OH excluding ortho intramolecular Hbond substituents is 1. The zero-order chi connectivity index (χ0) is 14.3. The molecule has 0 aliphatic rings.